The molecule has 1 fully saturated rings. The Balaban J connectivity index is 1.71. The fraction of sp³-hybridized carbons (Fsp3) is 0.333. The summed E-state index contributed by atoms with van der Waals surface area (Å²) in [5.41, 5.74) is 2.53. The highest BCUT2D eigenvalue weighted by atomic mass is 19.1. The van der Waals surface area contributed by atoms with Crippen LogP contribution in [0.5, 0.6) is 0 Å². The maximum absolute atomic E-state index is 13.8. The molecule has 3 rings (SSSR count). The Kier molecular flexibility index (Phi) is 6.26. The van der Waals surface area contributed by atoms with Crippen molar-refractivity contribution in [3.8, 4) is 0 Å². The van der Waals surface area contributed by atoms with Gasteiger partial charge in [0.15, 0.2) is 0 Å². The lowest BCUT2D eigenvalue weighted by Gasteiger charge is -2.31. The number of nitrogens with one attached hydrogen (secondary N) is 3. The molecule has 7 heteroatoms. The molecule has 1 aliphatic rings. The fourth-order valence-corrected chi connectivity index (χ4v) is 3.20. The van der Waals surface area contributed by atoms with Gasteiger partial charge in [-0.2, -0.15) is 0 Å². The molecular weight excluding hydrogens is 359 g/mol. The Morgan fingerprint density at radius 3 is 2.57 bits per heavy atom. The third-order valence-corrected chi connectivity index (χ3v) is 4.80. The van der Waals surface area contributed by atoms with Crippen LogP contribution in [0, 0.1) is 12.7 Å². The van der Waals surface area contributed by atoms with Crippen molar-refractivity contribution in [2.45, 2.75) is 19.9 Å². The number of benzene rings is 2. The van der Waals surface area contributed by atoms with E-state index in [1.165, 1.54) is 12.1 Å². The first-order valence-corrected chi connectivity index (χ1v) is 9.38. The number of anilines is 2. The summed E-state index contributed by atoms with van der Waals surface area (Å²) < 4.78 is 13.8. The molecule has 28 heavy (non-hydrogen) atoms. The zero-order valence-electron chi connectivity index (χ0n) is 16.1. The van der Waals surface area contributed by atoms with Crippen molar-refractivity contribution >= 4 is 23.2 Å². The Bertz CT molecular complexity index is 865. The average Bonchev–Trinajstić information content (AvgIpc) is 2.69. The van der Waals surface area contributed by atoms with Crippen LogP contribution in [0.3, 0.4) is 0 Å². The number of rotatable bonds is 5. The number of piperazine rings is 1. The summed E-state index contributed by atoms with van der Waals surface area (Å²) in [4.78, 5) is 27.2. The Labute approximate surface area is 164 Å². The van der Waals surface area contributed by atoms with E-state index < -0.39 is 17.8 Å². The van der Waals surface area contributed by atoms with Crippen molar-refractivity contribution in [2.75, 3.05) is 36.4 Å². The zero-order chi connectivity index (χ0) is 20.1. The minimum Gasteiger partial charge on any atom is -0.367 e. The number of aryl methyl sites for hydroxylation is 1. The smallest absolute Gasteiger partial charge is 0.252 e. The van der Waals surface area contributed by atoms with E-state index in [1.54, 1.807) is 25.1 Å². The van der Waals surface area contributed by atoms with E-state index in [0.717, 1.165) is 37.4 Å². The molecule has 1 aliphatic heterocycles. The van der Waals surface area contributed by atoms with Gasteiger partial charge in [0.1, 0.15) is 11.9 Å². The van der Waals surface area contributed by atoms with Crippen LogP contribution < -0.4 is 20.9 Å². The van der Waals surface area contributed by atoms with Gasteiger partial charge < -0.3 is 20.9 Å². The van der Waals surface area contributed by atoms with Crippen LogP contribution >= 0.6 is 0 Å². The molecule has 0 aliphatic carbocycles. The summed E-state index contributed by atoms with van der Waals surface area (Å²) in [6.45, 7) is 6.64. The molecule has 6 nitrogen and oxygen atoms in total. The maximum Gasteiger partial charge on any atom is 0.252 e. The molecule has 1 atom stereocenters. The molecule has 0 bridgehead atoms. The second-order valence-electron chi connectivity index (χ2n) is 6.90. The Morgan fingerprint density at radius 2 is 1.86 bits per heavy atom. The van der Waals surface area contributed by atoms with Crippen LogP contribution in [0.25, 0.3) is 0 Å². The van der Waals surface area contributed by atoms with E-state index >= 15 is 0 Å². The highest BCUT2D eigenvalue weighted by molar-refractivity contribution is 6.02. The van der Waals surface area contributed by atoms with E-state index in [2.05, 4.69) is 20.9 Å². The topological polar surface area (TPSA) is 73.5 Å². The molecule has 148 valence electrons. The van der Waals surface area contributed by atoms with Crippen LogP contribution in [0.2, 0.25) is 0 Å². The number of amides is 2. The number of hydrogen-bond acceptors (Lipinski definition) is 4. The molecule has 1 unspecified atom stereocenters. The van der Waals surface area contributed by atoms with E-state index in [0.29, 0.717) is 11.3 Å². The molecule has 2 aromatic rings. The van der Waals surface area contributed by atoms with Gasteiger partial charge in [0, 0.05) is 31.7 Å². The van der Waals surface area contributed by atoms with Gasteiger partial charge in [0.2, 0.25) is 5.91 Å². The van der Waals surface area contributed by atoms with E-state index in [4.69, 9.17) is 0 Å². The maximum atomic E-state index is 13.8. The Hall–Kier alpha value is -2.93. The Morgan fingerprint density at radius 1 is 1.14 bits per heavy atom. The van der Waals surface area contributed by atoms with Crippen LogP contribution in [-0.4, -0.2) is 44.0 Å². The highest BCUT2D eigenvalue weighted by Gasteiger charge is 2.21. The van der Waals surface area contributed by atoms with Crippen molar-refractivity contribution in [3.05, 3.63) is 59.4 Å². The first kappa shape index (κ1) is 19.8. The van der Waals surface area contributed by atoms with E-state index in [9.17, 15) is 14.0 Å². The summed E-state index contributed by atoms with van der Waals surface area (Å²) in [6.07, 6.45) is 0. The largest absolute Gasteiger partial charge is 0.367 e. The lowest BCUT2D eigenvalue weighted by atomic mass is 10.1. The van der Waals surface area contributed by atoms with Gasteiger partial charge >= 0.3 is 0 Å². The van der Waals surface area contributed by atoms with Gasteiger partial charge in [0.25, 0.3) is 5.91 Å². The minimum absolute atomic E-state index is 0.317. The van der Waals surface area contributed by atoms with Gasteiger partial charge in [0.05, 0.1) is 11.4 Å². The second kappa shape index (κ2) is 8.84. The van der Waals surface area contributed by atoms with Gasteiger partial charge in [-0.3, -0.25) is 9.59 Å². The number of carbonyl (C=O) groups is 2. The monoisotopic (exact) mass is 384 g/mol. The number of hydrogen-bond donors (Lipinski definition) is 3. The fourth-order valence-electron chi connectivity index (χ4n) is 3.20. The van der Waals surface area contributed by atoms with Crippen LogP contribution in [0.1, 0.15) is 22.8 Å². The lowest BCUT2D eigenvalue weighted by Crippen LogP contribution is -2.44. The number of nitrogens with zero attached hydrogens (tertiary/aromatic N) is 1. The minimum atomic E-state index is -0.772. The summed E-state index contributed by atoms with van der Waals surface area (Å²) in [6, 6.07) is 10.8. The quantitative estimate of drug-likeness (QED) is 0.740. The van der Waals surface area contributed by atoms with E-state index in [1.807, 2.05) is 19.1 Å². The SMILES string of the molecule is Cc1ccccc1C(=O)NC(C)C(=O)Nc1cc(F)ccc1N1CCNCC1. The predicted molar refractivity (Wildman–Crippen MR) is 108 cm³/mol. The second-order valence-corrected chi connectivity index (χ2v) is 6.90. The highest BCUT2D eigenvalue weighted by Crippen LogP contribution is 2.27. The van der Waals surface area contributed by atoms with Gasteiger partial charge in [-0.1, -0.05) is 18.2 Å². The normalized spacial score (nSPS) is 15.0. The lowest BCUT2D eigenvalue weighted by molar-refractivity contribution is -0.117. The standard InChI is InChI=1S/C21H25FN4O2/c1-14-5-3-4-6-17(14)21(28)24-15(2)20(27)25-18-13-16(22)7-8-19(18)26-11-9-23-10-12-26/h3-8,13,15,23H,9-12H2,1-2H3,(H,24,28)(H,25,27). The summed E-state index contributed by atoms with van der Waals surface area (Å²) in [5.74, 6) is -1.14. The molecule has 0 aromatic heterocycles. The first-order valence-electron chi connectivity index (χ1n) is 9.38. The molecule has 0 spiro atoms. The van der Waals surface area contributed by atoms with Crippen molar-refractivity contribution in [2.24, 2.45) is 0 Å². The molecule has 0 saturated carbocycles. The third kappa shape index (κ3) is 4.67. The van der Waals surface area contributed by atoms with Crippen LogP contribution in [0.15, 0.2) is 42.5 Å². The number of carbonyl (C=O) groups excluding carboxylic acids is 2. The average molecular weight is 384 g/mol. The van der Waals surface area contributed by atoms with Crippen LogP contribution in [0.4, 0.5) is 15.8 Å². The van der Waals surface area contributed by atoms with Crippen molar-refractivity contribution in [1.29, 1.82) is 0 Å². The van der Waals surface area contributed by atoms with Crippen LogP contribution in [-0.2, 0) is 4.79 Å². The third-order valence-electron chi connectivity index (χ3n) is 4.80. The molecule has 1 saturated heterocycles. The van der Waals surface area contributed by atoms with E-state index in [-0.39, 0.29) is 5.91 Å². The van der Waals surface area contributed by atoms with Crippen molar-refractivity contribution in [1.82, 2.24) is 10.6 Å². The van der Waals surface area contributed by atoms with Gasteiger partial charge in [-0.25, -0.2) is 4.39 Å². The predicted octanol–water partition coefficient (Wildman–Crippen LogP) is 2.30. The molecule has 3 N–H and O–H groups in total. The van der Waals surface area contributed by atoms with Crippen molar-refractivity contribution in [3.63, 3.8) is 0 Å². The zero-order valence-corrected chi connectivity index (χ0v) is 16.1. The summed E-state index contributed by atoms with van der Waals surface area (Å²) >= 11 is 0. The van der Waals surface area contributed by atoms with Crippen molar-refractivity contribution < 1.29 is 14.0 Å². The molecule has 0 radical (unpaired) electrons. The molecule has 1 heterocycles. The first-order chi connectivity index (χ1) is 13.5. The summed E-state index contributed by atoms with van der Waals surface area (Å²) in [5, 5.41) is 8.73. The molecule has 2 aromatic carbocycles. The number of halogens is 1. The van der Waals surface area contributed by atoms with Gasteiger partial charge in [-0.05, 0) is 43.7 Å². The molecular formula is C21H25FN4O2. The molecule has 2 amide bonds. The van der Waals surface area contributed by atoms with Gasteiger partial charge in [-0.15, -0.1) is 0 Å². The summed E-state index contributed by atoms with van der Waals surface area (Å²) in [7, 11) is 0.